The van der Waals surface area contributed by atoms with Crippen molar-refractivity contribution in [1.29, 1.82) is 0 Å². The van der Waals surface area contributed by atoms with E-state index in [-0.39, 0.29) is 23.7 Å². The second-order valence-corrected chi connectivity index (χ2v) is 5.67. The van der Waals surface area contributed by atoms with Gasteiger partial charge in [0.25, 0.3) is 0 Å². The van der Waals surface area contributed by atoms with E-state index in [1.165, 1.54) is 19.3 Å². The van der Waals surface area contributed by atoms with Gasteiger partial charge in [-0.05, 0) is 44.7 Å². The third-order valence-electron chi connectivity index (χ3n) is 4.26. The summed E-state index contributed by atoms with van der Waals surface area (Å²) in [5.41, 5.74) is -0.0616. The first-order valence-electron chi connectivity index (χ1n) is 6.70. The Labute approximate surface area is 111 Å². The number of carbonyl (C=O) groups excluding carboxylic acids is 1. The van der Waals surface area contributed by atoms with Gasteiger partial charge in [0.2, 0.25) is 5.91 Å². The number of hydrogen-bond acceptors (Lipinski definition) is 2. The number of amides is 1. The van der Waals surface area contributed by atoms with E-state index in [1.54, 1.807) is 0 Å². The van der Waals surface area contributed by atoms with Crippen LogP contribution in [0.5, 0.6) is 0 Å². The van der Waals surface area contributed by atoms with Gasteiger partial charge in [0.05, 0.1) is 0 Å². The normalized spacial score (nSPS) is 26.5. The number of halogens is 1. The van der Waals surface area contributed by atoms with Crippen LogP contribution in [-0.4, -0.2) is 25.5 Å². The Balaban J connectivity index is 0.00000144. The average Bonchev–Trinajstić information content (AvgIpc) is 2.90. The Hall–Kier alpha value is -0.280. The number of hydrogen-bond donors (Lipinski definition) is 2. The van der Waals surface area contributed by atoms with Gasteiger partial charge in [-0.2, -0.15) is 0 Å². The Morgan fingerprint density at radius 3 is 2.71 bits per heavy atom. The number of rotatable bonds is 4. The fourth-order valence-corrected chi connectivity index (χ4v) is 2.95. The molecule has 100 valence electrons. The molecule has 1 unspecified atom stereocenters. The third kappa shape index (κ3) is 3.85. The number of carbonyl (C=O) groups is 1. The van der Waals surface area contributed by atoms with Crippen molar-refractivity contribution in [2.45, 2.75) is 45.4 Å². The van der Waals surface area contributed by atoms with Gasteiger partial charge in [0.1, 0.15) is 0 Å². The highest BCUT2D eigenvalue weighted by Crippen LogP contribution is 2.37. The van der Waals surface area contributed by atoms with Crippen molar-refractivity contribution in [1.82, 2.24) is 10.6 Å². The Bertz CT molecular complexity index is 246. The van der Waals surface area contributed by atoms with E-state index in [4.69, 9.17) is 0 Å². The lowest BCUT2D eigenvalue weighted by atomic mass is 9.88. The molecule has 1 saturated heterocycles. The lowest BCUT2D eigenvalue weighted by molar-refractivity contribution is -0.129. The fourth-order valence-electron chi connectivity index (χ4n) is 2.95. The molecule has 1 atom stereocenters. The van der Waals surface area contributed by atoms with Gasteiger partial charge in [0, 0.05) is 12.0 Å². The van der Waals surface area contributed by atoms with Gasteiger partial charge < -0.3 is 10.6 Å². The van der Waals surface area contributed by atoms with Crippen LogP contribution in [0.15, 0.2) is 0 Å². The molecule has 1 aliphatic heterocycles. The van der Waals surface area contributed by atoms with Crippen LogP contribution in [0.2, 0.25) is 0 Å². The molecule has 0 aromatic rings. The summed E-state index contributed by atoms with van der Waals surface area (Å²) in [7, 11) is 0. The summed E-state index contributed by atoms with van der Waals surface area (Å²) in [6.07, 6.45) is 6.99. The molecule has 0 radical (unpaired) electrons. The molecule has 2 fully saturated rings. The van der Waals surface area contributed by atoms with Gasteiger partial charge in [-0.15, -0.1) is 12.4 Å². The maximum atomic E-state index is 12.0. The molecule has 2 N–H and O–H groups in total. The predicted octanol–water partition coefficient (Wildman–Crippen LogP) is 2.10. The summed E-state index contributed by atoms with van der Waals surface area (Å²) in [5, 5.41) is 6.49. The lowest BCUT2D eigenvalue weighted by Crippen LogP contribution is -2.38. The zero-order chi connectivity index (χ0) is 11.4. The molecule has 0 aromatic carbocycles. The van der Waals surface area contributed by atoms with Crippen molar-refractivity contribution in [2.24, 2.45) is 11.3 Å². The maximum Gasteiger partial charge on any atom is 0.225 e. The summed E-state index contributed by atoms with van der Waals surface area (Å²) in [6, 6.07) is 0. The van der Waals surface area contributed by atoms with Crippen molar-refractivity contribution in [3.8, 4) is 0 Å². The predicted molar refractivity (Wildman–Crippen MR) is 72.4 cm³/mol. The van der Waals surface area contributed by atoms with Gasteiger partial charge in [0.15, 0.2) is 0 Å². The number of nitrogens with one attached hydrogen (secondary N) is 2. The van der Waals surface area contributed by atoms with E-state index in [0.29, 0.717) is 0 Å². The molecular formula is C13H25ClN2O. The quantitative estimate of drug-likeness (QED) is 0.813. The highest BCUT2D eigenvalue weighted by atomic mass is 35.5. The fraction of sp³-hybridized carbons (Fsp3) is 0.923. The third-order valence-corrected chi connectivity index (χ3v) is 4.26. The zero-order valence-electron chi connectivity index (χ0n) is 10.8. The lowest BCUT2D eigenvalue weighted by Gasteiger charge is -2.22. The molecule has 1 heterocycles. The van der Waals surface area contributed by atoms with Crippen molar-refractivity contribution >= 4 is 18.3 Å². The Morgan fingerprint density at radius 1 is 1.41 bits per heavy atom. The van der Waals surface area contributed by atoms with Gasteiger partial charge in [-0.3, -0.25) is 4.79 Å². The van der Waals surface area contributed by atoms with E-state index in [0.717, 1.165) is 44.8 Å². The molecule has 3 nitrogen and oxygen atoms in total. The van der Waals surface area contributed by atoms with Crippen LogP contribution >= 0.6 is 12.4 Å². The molecule has 0 spiro atoms. The van der Waals surface area contributed by atoms with Gasteiger partial charge in [-0.1, -0.05) is 19.8 Å². The molecule has 4 heteroatoms. The molecular weight excluding hydrogens is 236 g/mol. The smallest absolute Gasteiger partial charge is 0.225 e. The van der Waals surface area contributed by atoms with Crippen LogP contribution in [0.3, 0.4) is 0 Å². The first-order chi connectivity index (χ1) is 7.71. The van der Waals surface area contributed by atoms with Crippen molar-refractivity contribution in [2.75, 3.05) is 19.6 Å². The summed E-state index contributed by atoms with van der Waals surface area (Å²) < 4.78 is 0. The molecule has 0 aromatic heterocycles. The van der Waals surface area contributed by atoms with Gasteiger partial charge >= 0.3 is 0 Å². The summed E-state index contributed by atoms with van der Waals surface area (Å²) in [6.45, 7) is 5.26. The highest BCUT2D eigenvalue weighted by molar-refractivity contribution is 5.85. The molecule has 1 amide bonds. The average molecular weight is 261 g/mol. The molecule has 2 aliphatic rings. The van der Waals surface area contributed by atoms with E-state index in [9.17, 15) is 4.79 Å². The first kappa shape index (κ1) is 14.8. The zero-order valence-corrected chi connectivity index (χ0v) is 11.6. The first-order valence-corrected chi connectivity index (χ1v) is 6.70. The largest absolute Gasteiger partial charge is 0.356 e. The van der Waals surface area contributed by atoms with E-state index >= 15 is 0 Å². The van der Waals surface area contributed by atoms with E-state index < -0.39 is 0 Å². The Kier molecular flexibility index (Phi) is 5.74. The molecule has 1 aliphatic carbocycles. The standard InChI is InChI=1S/C13H24N2O.ClH/c1-13(6-2-3-7-13)12(16)15-9-5-11-4-8-14-10-11;/h11,14H,2-10H2,1H3,(H,15,16);1H. The van der Waals surface area contributed by atoms with Crippen LogP contribution in [0.25, 0.3) is 0 Å². The van der Waals surface area contributed by atoms with Crippen LogP contribution in [0.1, 0.15) is 45.4 Å². The topological polar surface area (TPSA) is 41.1 Å². The minimum atomic E-state index is -0.0616. The van der Waals surface area contributed by atoms with E-state index in [1.807, 2.05) is 0 Å². The van der Waals surface area contributed by atoms with Crippen LogP contribution in [0.4, 0.5) is 0 Å². The second-order valence-electron chi connectivity index (χ2n) is 5.67. The van der Waals surface area contributed by atoms with Crippen molar-refractivity contribution in [3.63, 3.8) is 0 Å². The summed E-state index contributed by atoms with van der Waals surface area (Å²) in [4.78, 5) is 12.0. The van der Waals surface area contributed by atoms with Crippen molar-refractivity contribution < 1.29 is 4.79 Å². The highest BCUT2D eigenvalue weighted by Gasteiger charge is 2.35. The van der Waals surface area contributed by atoms with Crippen LogP contribution in [0, 0.1) is 11.3 Å². The monoisotopic (exact) mass is 260 g/mol. The van der Waals surface area contributed by atoms with Crippen molar-refractivity contribution in [3.05, 3.63) is 0 Å². The molecule has 1 saturated carbocycles. The minimum Gasteiger partial charge on any atom is -0.356 e. The second kappa shape index (κ2) is 6.60. The minimum absolute atomic E-state index is 0. The van der Waals surface area contributed by atoms with Crippen LogP contribution in [-0.2, 0) is 4.79 Å². The summed E-state index contributed by atoms with van der Waals surface area (Å²) >= 11 is 0. The van der Waals surface area contributed by atoms with Gasteiger partial charge in [-0.25, -0.2) is 0 Å². The van der Waals surface area contributed by atoms with E-state index in [2.05, 4.69) is 17.6 Å². The SMILES string of the molecule is CC1(C(=O)NCCC2CCNC2)CCCC1.Cl. The molecule has 17 heavy (non-hydrogen) atoms. The maximum absolute atomic E-state index is 12.0. The molecule has 2 rings (SSSR count). The summed E-state index contributed by atoms with van der Waals surface area (Å²) in [5.74, 6) is 1.06. The molecule has 0 bridgehead atoms. The van der Waals surface area contributed by atoms with Crippen LogP contribution < -0.4 is 10.6 Å². The Morgan fingerprint density at radius 2 is 2.12 bits per heavy atom.